The minimum Gasteiger partial charge on any atom is -0.477 e. The van der Waals surface area contributed by atoms with Crippen LogP contribution < -0.4 is 9.64 Å². The summed E-state index contributed by atoms with van der Waals surface area (Å²) in [5, 5.41) is 10.1. The zero-order valence-corrected chi connectivity index (χ0v) is 23.0. The van der Waals surface area contributed by atoms with E-state index in [-0.39, 0.29) is 34.3 Å². The molecule has 2 aromatic heterocycles. The van der Waals surface area contributed by atoms with Gasteiger partial charge in [-0.05, 0) is 84.1 Å². The number of nitrogens with zero attached hydrogens (tertiary/aromatic N) is 3. The molecular weight excluding hydrogens is 486 g/mol. The fourth-order valence-corrected chi connectivity index (χ4v) is 6.00. The van der Waals surface area contributed by atoms with Gasteiger partial charge in [-0.2, -0.15) is 0 Å². The standard InChI is InChI=1S/C29H37N3O4S/c1-19-5-7-20(8-6-19)27(33)32(21-9-11-22(12-10-21)36-25-18-30-15-16-31-25)24-17-23(13-14-29(2,3)4)37-26(24)28(34)35/h15-22H,5-12H2,1-4H3,(H,34,35)/t19-,20-,21-,22+. The van der Waals surface area contributed by atoms with Crippen LogP contribution in [-0.2, 0) is 4.79 Å². The van der Waals surface area contributed by atoms with Crippen molar-refractivity contribution in [2.75, 3.05) is 4.90 Å². The van der Waals surface area contributed by atoms with Crippen LogP contribution in [0.25, 0.3) is 0 Å². The molecule has 2 saturated carbocycles. The Labute approximate surface area is 223 Å². The number of carbonyl (C=O) groups is 2. The Kier molecular flexibility index (Phi) is 8.53. The number of anilines is 1. The first-order valence-electron chi connectivity index (χ1n) is 13.3. The number of ether oxygens (including phenoxy) is 1. The van der Waals surface area contributed by atoms with Gasteiger partial charge >= 0.3 is 5.97 Å². The lowest BCUT2D eigenvalue weighted by Crippen LogP contribution is -2.47. The molecule has 1 N–H and O–H groups in total. The van der Waals surface area contributed by atoms with Gasteiger partial charge in [0.15, 0.2) is 0 Å². The third-order valence-corrected chi connectivity index (χ3v) is 8.19. The number of aromatic nitrogens is 2. The van der Waals surface area contributed by atoms with E-state index in [4.69, 9.17) is 4.74 Å². The van der Waals surface area contributed by atoms with E-state index in [1.54, 1.807) is 18.6 Å². The number of carbonyl (C=O) groups excluding carboxylic acids is 1. The Hall–Kier alpha value is -2.92. The van der Waals surface area contributed by atoms with Crippen LogP contribution in [0.2, 0.25) is 0 Å². The third-order valence-electron chi connectivity index (χ3n) is 7.17. The van der Waals surface area contributed by atoms with Crippen LogP contribution in [0.15, 0.2) is 24.7 Å². The highest BCUT2D eigenvalue weighted by molar-refractivity contribution is 7.15. The van der Waals surface area contributed by atoms with E-state index in [9.17, 15) is 14.7 Å². The van der Waals surface area contributed by atoms with Crippen molar-refractivity contribution in [1.29, 1.82) is 0 Å². The number of rotatable bonds is 6. The predicted octanol–water partition coefficient (Wildman–Crippen LogP) is 6.18. The van der Waals surface area contributed by atoms with Crippen molar-refractivity contribution >= 4 is 28.9 Å². The SMILES string of the molecule is CC(C)(C)C#Cc1cc(N(C(=O)[C@H]2CC[C@H](C)CC2)[C@H]2CC[C@@H](Oc3cnccn3)CC2)c(C(=O)O)s1. The first kappa shape index (κ1) is 27.1. The van der Waals surface area contributed by atoms with Crippen LogP contribution in [0, 0.1) is 29.1 Å². The monoisotopic (exact) mass is 523 g/mol. The Balaban J connectivity index is 1.61. The summed E-state index contributed by atoms with van der Waals surface area (Å²) in [7, 11) is 0. The number of thiophene rings is 1. The molecular formula is C29H37N3O4S. The van der Waals surface area contributed by atoms with E-state index in [1.807, 2.05) is 31.7 Å². The lowest BCUT2D eigenvalue weighted by atomic mass is 9.81. The number of hydrogen-bond acceptors (Lipinski definition) is 6. The normalized spacial score (nSPS) is 24.0. The van der Waals surface area contributed by atoms with Gasteiger partial charge in [-0.1, -0.05) is 18.8 Å². The van der Waals surface area contributed by atoms with Crippen molar-refractivity contribution in [1.82, 2.24) is 9.97 Å². The van der Waals surface area contributed by atoms with Crippen LogP contribution >= 0.6 is 11.3 Å². The van der Waals surface area contributed by atoms with Crippen LogP contribution in [0.3, 0.4) is 0 Å². The Morgan fingerprint density at radius 1 is 1.08 bits per heavy atom. The average Bonchev–Trinajstić information content (AvgIpc) is 3.29. The molecule has 4 rings (SSSR count). The van der Waals surface area contributed by atoms with Crippen molar-refractivity contribution in [2.24, 2.45) is 17.3 Å². The third kappa shape index (κ3) is 7.10. The molecule has 37 heavy (non-hydrogen) atoms. The molecule has 2 aliphatic rings. The van der Waals surface area contributed by atoms with Gasteiger partial charge in [-0.15, -0.1) is 11.3 Å². The predicted molar refractivity (Wildman–Crippen MR) is 145 cm³/mol. The highest BCUT2D eigenvalue weighted by Gasteiger charge is 2.37. The molecule has 198 valence electrons. The van der Waals surface area contributed by atoms with Gasteiger partial charge in [0, 0.05) is 29.8 Å². The molecule has 0 saturated heterocycles. The zero-order chi connectivity index (χ0) is 26.6. The van der Waals surface area contributed by atoms with Gasteiger partial charge in [-0.3, -0.25) is 9.78 Å². The van der Waals surface area contributed by atoms with Gasteiger partial charge in [0.25, 0.3) is 0 Å². The van der Waals surface area contributed by atoms with Crippen molar-refractivity contribution in [3.05, 3.63) is 34.4 Å². The second kappa shape index (κ2) is 11.6. The molecule has 7 nitrogen and oxygen atoms in total. The summed E-state index contributed by atoms with van der Waals surface area (Å²) < 4.78 is 6.02. The van der Waals surface area contributed by atoms with Crippen molar-refractivity contribution < 1.29 is 19.4 Å². The second-order valence-corrected chi connectivity index (χ2v) is 12.4. The fraction of sp³-hybridized carbons (Fsp3) is 0.586. The van der Waals surface area contributed by atoms with Crippen molar-refractivity contribution in [2.45, 2.75) is 91.2 Å². The van der Waals surface area contributed by atoms with E-state index in [0.717, 1.165) is 62.7 Å². The Morgan fingerprint density at radius 3 is 2.38 bits per heavy atom. The van der Waals surface area contributed by atoms with E-state index >= 15 is 0 Å². The average molecular weight is 524 g/mol. The van der Waals surface area contributed by atoms with E-state index in [1.165, 1.54) is 0 Å². The molecule has 0 aliphatic heterocycles. The van der Waals surface area contributed by atoms with Crippen LogP contribution in [-0.4, -0.2) is 39.1 Å². The highest BCUT2D eigenvalue weighted by atomic mass is 32.1. The van der Waals surface area contributed by atoms with Gasteiger partial charge in [0.05, 0.1) is 16.8 Å². The van der Waals surface area contributed by atoms with Crippen molar-refractivity contribution in [3.8, 4) is 17.7 Å². The van der Waals surface area contributed by atoms with E-state index in [0.29, 0.717) is 22.4 Å². The molecule has 0 spiro atoms. The summed E-state index contributed by atoms with van der Waals surface area (Å²) in [6, 6.07) is 1.74. The molecule has 2 fully saturated rings. The number of hydrogen-bond donors (Lipinski definition) is 1. The molecule has 0 unspecified atom stereocenters. The molecule has 8 heteroatoms. The molecule has 2 aromatic rings. The molecule has 2 heterocycles. The van der Waals surface area contributed by atoms with E-state index in [2.05, 4.69) is 28.7 Å². The first-order chi connectivity index (χ1) is 17.6. The summed E-state index contributed by atoms with van der Waals surface area (Å²) >= 11 is 1.16. The smallest absolute Gasteiger partial charge is 0.348 e. The molecule has 0 bridgehead atoms. The summed E-state index contributed by atoms with van der Waals surface area (Å²) in [6.07, 6.45) is 11.6. The minimum atomic E-state index is -1.02. The molecule has 2 aliphatic carbocycles. The van der Waals surface area contributed by atoms with Crippen LogP contribution in [0.1, 0.15) is 93.6 Å². The molecule has 0 atom stereocenters. The van der Waals surface area contributed by atoms with Gasteiger partial charge in [0.2, 0.25) is 11.8 Å². The lowest BCUT2D eigenvalue weighted by Gasteiger charge is -2.39. The van der Waals surface area contributed by atoms with Crippen LogP contribution in [0.4, 0.5) is 5.69 Å². The summed E-state index contributed by atoms with van der Waals surface area (Å²) in [5.41, 5.74) is 0.293. The van der Waals surface area contributed by atoms with Crippen LogP contribution in [0.5, 0.6) is 5.88 Å². The number of carboxylic acids is 1. The molecule has 0 radical (unpaired) electrons. The highest BCUT2D eigenvalue weighted by Crippen LogP contribution is 2.39. The Bertz CT molecular complexity index is 1150. The van der Waals surface area contributed by atoms with E-state index < -0.39 is 5.97 Å². The minimum absolute atomic E-state index is 0.00457. The zero-order valence-electron chi connectivity index (χ0n) is 22.2. The summed E-state index contributed by atoms with van der Waals surface area (Å²) in [5.74, 6) is 6.45. The summed E-state index contributed by atoms with van der Waals surface area (Å²) in [6.45, 7) is 8.30. The number of amides is 1. The lowest BCUT2D eigenvalue weighted by molar-refractivity contribution is -0.124. The van der Waals surface area contributed by atoms with Gasteiger partial charge in [-0.25, -0.2) is 9.78 Å². The second-order valence-electron chi connectivity index (χ2n) is 11.4. The van der Waals surface area contributed by atoms with Crippen molar-refractivity contribution in [3.63, 3.8) is 0 Å². The van der Waals surface area contributed by atoms with Gasteiger partial charge < -0.3 is 14.7 Å². The maximum atomic E-state index is 14.0. The first-order valence-corrected chi connectivity index (χ1v) is 14.1. The van der Waals surface area contributed by atoms with Gasteiger partial charge in [0.1, 0.15) is 11.0 Å². The molecule has 0 aromatic carbocycles. The maximum Gasteiger partial charge on any atom is 0.348 e. The topological polar surface area (TPSA) is 92.6 Å². The Morgan fingerprint density at radius 2 is 1.78 bits per heavy atom. The summed E-state index contributed by atoms with van der Waals surface area (Å²) in [4.78, 5) is 37.3. The largest absolute Gasteiger partial charge is 0.477 e. The molecule has 1 amide bonds. The maximum absolute atomic E-state index is 14.0. The fourth-order valence-electron chi connectivity index (χ4n) is 5.16. The quantitative estimate of drug-likeness (QED) is 0.454. The number of carboxylic acid groups (broad SMARTS) is 1. The number of aromatic carboxylic acids is 1.